The maximum absolute atomic E-state index is 12.0. The summed E-state index contributed by atoms with van der Waals surface area (Å²) in [7, 11) is 0. The molecule has 0 aromatic carbocycles. The van der Waals surface area contributed by atoms with E-state index in [0.717, 1.165) is 42.8 Å². The van der Waals surface area contributed by atoms with Crippen molar-refractivity contribution in [3.63, 3.8) is 0 Å². The second kappa shape index (κ2) is 6.29. The second-order valence-electron chi connectivity index (χ2n) is 5.43. The van der Waals surface area contributed by atoms with Crippen LogP contribution in [0, 0.1) is 5.92 Å². The van der Waals surface area contributed by atoms with Crippen LogP contribution in [-0.4, -0.2) is 45.4 Å². The third-order valence-corrected chi connectivity index (χ3v) is 4.05. The predicted octanol–water partition coefficient (Wildman–Crippen LogP) is 1.63. The molecule has 1 saturated heterocycles. The molecule has 1 unspecified atom stereocenters. The van der Waals surface area contributed by atoms with Crippen molar-refractivity contribution in [2.24, 2.45) is 5.92 Å². The molecule has 0 N–H and O–H groups in total. The lowest BCUT2D eigenvalue weighted by Gasteiger charge is -2.32. The average Bonchev–Trinajstić information content (AvgIpc) is 2.98. The number of rotatable bonds is 4. The Bertz CT molecular complexity index is 669. The molecule has 7 nitrogen and oxygen atoms in total. The van der Waals surface area contributed by atoms with Gasteiger partial charge in [0.05, 0.1) is 24.1 Å². The highest BCUT2D eigenvalue weighted by Crippen LogP contribution is 2.27. The Hall–Kier alpha value is -2.18. The molecule has 2 aromatic rings. The standard InChI is InChI=1S/C15H21N5O2/c1-3-20-14-12(8-18-20)13(16-10-17-14)19-7-5-6-11(9-19)15(21)22-4-2/h8,10-11H,3-7,9H2,1-2H3. The minimum atomic E-state index is -0.109. The number of esters is 1. The van der Waals surface area contributed by atoms with Gasteiger partial charge in [-0.15, -0.1) is 0 Å². The summed E-state index contributed by atoms with van der Waals surface area (Å²) < 4.78 is 7.01. The minimum Gasteiger partial charge on any atom is -0.466 e. The Morgan fingerprint density at radius 3 is 3.05 bits per heavy atom. The number of hydrogen-bond donors (Lipinski definition) is 0. The quantitative estimate of drug-likeness (QED) is 0.799. The Balaban J connectivity index is 1.87. The Morgan fingerprint density at radius 2 is 2.27 bits per heavy atom. The van der Waals surface area contributed by atoms with Crippen LogP contribution >= 0.6 is 0 Å². The molecule has 22 heavy (non-hydrogen) atoms. The molecule has 7 heteroatoms. The number of piperidine rings is 1. The SMILES string of the molecule is CCOC(=O)C1CCCN(c2ncnc3c2cnn3CC)C1. The number of ether oxygens (including phenoxy) is 1. The van der Waals surface area contributed by atoms with Gasteiger partial charge in [-0.25, -0.2) is 14.6 Å². The summed E-state index contributed by atoms with van der Waals surface area (Å²) in [6.45, 7) is 6.60. The lowest BCUT2D eigenvalue weighted by atomic mass is 9.98. The van der Waals surface area contributed by atoms with E-state index in [9.17, 15) is 4.79 Å². The zero-order valence-electron chi connectivity index (χ0n) is 13.0. The molecule has 1 aliphatic heterocycles. The lowest BCUT2D eigenvalue weighted by molar-refractivity contribution is -0.148. The smallest absolute Gasteiger partial charge is 0.310 e. The van der Waals surface area contributed by atoms with E-state index in [1.54, 1.807) is 6.33 Å². The van der Waals surface area contributed by atoms with Crippen molar-refractivity contribution in [1.29, 1.82) is 0 Å². The van der Waals surface area contributed by atoms with E-state index in [1.165, 1.54) is 0 Å². The van der Waals surface area contributed by atoms with Gasteiger partial charge in [0.1, 0.15) is 12.1 Å². The molecule has 3 heterocycles. The maximum atomic E-state index is 12.0. The highest BCUT2D eigenvalue weighted by Gasteiger charge is 2.28. The van der Waals surface area contributed by atoms with Crippen LogP contribution < -0.4 is 4.90 Å². The molecular formula is C15H21N5O2. The third-order valence-electron chi connectivity index (χ3n) is 4.05. The Labute approximate surface area is 129 Å². The van der Waals surface area contributed by atoms with Crippen LogP contribution in [0.1, 0.15) is 26.7 Å². The van der Waals surface area contributed by atoms with Crippen LogP contribution in [0.5, 0.6) is 0 Å². The molecule has 1 aliphatic rings. The van der Waals surface area contributed by atoms with E-state index in [-0.39, 0.29) is 11.9 Å². The monoisotopic (exact) mass is 303 g/mol. The van der Waals surface area contributed by atoms with Crippen molar-refractivity contribution in [3.8, 4) is 0 Å². The van der Waals surface area contributed by atoms with E-state index in [4.69, 9.17) is 4.74 Å². The van der Waals surface area contributed by atoms with Gasteiger partial charge >= 0.3 is 5.97 Å². The maximum Gasteiger partial charge on any atom is 0.310 e. The molecule has 0 radical (unpaired) electrons. The number of fused-ring (bicyclic) bond motifs is 1. The molecule has 118 valence electrons. The summed E-state index contributed by atoms with van der Waals surface area (Å²) in [5, 5.41) is 5.29. The number of aromatic nitrogens is 4. The topological polar surface area (TPSA) is 73.1 Å². The summed E-state index contributed by atoms with van der Waals surface area (Å²) in [5.41, 5.74) is 0.839. The van der Waals surface area contributed by atoms with Crippen LogP contribution in [0.25, 0.3) is 11.0 Å². The van der Waals surface area contributed by atoms with Gasteiger partial charge < -0.3 is 9.64 Å². The Kier molecular flexibility index (Phi) is 4.22. The molecule has 0 aliphatic carbocycles. The molecule has 1 atom stereocenters. The highest BCUT2D eigenvalue weighted by atomic mass is 16.5. The van der Waals surface area contributed by atoms with Crippen molar-refractivity contribution in [2.75, 3.05) is 24.6 Å². The number of anilines is 1. The summed E-state index contributed by atoms with van der Waals surface area (Å²) in [5.74, 6) is 0.667. The number of hydrogen-bond acceptors (Lipinski definition) is 6. The predicted molar refractivity (Wildman–Crippen MR) is 82.6 cm³/mol. The molecule has 0 bridgehead atoms. The average molecular weight is 303 g/mol. The zero-order valence-corrected chi connectivity index (χ0v) is 13.0. The van der Waals surface area contributed by atoms with Crippen LogP contribution in [0.15, 0.2) is 12.5 Å². The fourth-order valence-corrected chi connectivity index (χ4v) is 2.99. The number of nitrogens with zero attached hydrogens (tertiary/aromatic N) is 5. The van der Waals surface area contributed by atoms with E-state index in [1.807, 2.05) is 24.7 Å². The third kappa shape index (κ3) is 2.63. The van der Waals surface area contributed by atoms with Crippen molar-refractivity contribution in [1.82, 2.24) is 19.7 Å². The van der Waals surface area contributed by atoms with Gasteiger partial charge in [0.15, 0.2) is 5.65 Å². The first-order valence-electron chi connectivity index (χ1n) is 7.82. The van der Waals surface area contributed by atoms with Crippen molar-refractivity contribution < 1.29 is 9.53 Å². The molecule has 0 spiro atoms. The van der Waals surface area contributed by atoms with Crippen molar-refractivity contribution in [2.45, 2.75) is 33.2 Å². The van der Waals surface area contributed by atoms with Crippen molar-refractivity contribution >= 4 is 22.8 Å². The van der Waals surface area contributed by atoms with Crippen molar-refractivity contribution in [3.05, 3.63) is 12.5 Å². The molecule has 2 aromatic heterocycles. The number of carbonyl (C=O) groups is 1. The molecule has 3 rings (SSSR count). The number of carbonyl (C=O) groups excluding carboxylic acids is 1. The minimum absolute atomic E-state index is 0.0834. The number of aryl methyl sites for hydroxylation is 1. The second-order valence-corrected chi connectivity index (χ2v) is 5.43. The van der Waals surface area contributed by atoms with Gasteiger partial charge in [0.2, 0.25) is 0 Å². The van der Waals surface area contributed by atoms with Gasteiger partial charge in [-0.1, -0.05) is 0 Å². The van der Waals surface area contributed by atoms with Crippen LogP contribution in [-0.2, 0) is 16.1 Å². The van der Waals surface area contributed by atoms with E-state index in [0.29, 0.717) is 13.2 Å². The van der Waals surface area contributed by atoms with Crippen LogP contribution in [0.3, 0.4) is 0 Å². The van der Waals surface area contributed by atoms with E-state index < -0.39 is 0 Å². The molecule has 0 amide bonds. The lowest BCUT2D eigenvalue weighted by Crippen LogP contribution is -2.40. The van der Waals surface area contributed by atoms with Crippen LogP contribution in [0.4, 0.5) is 5.82 Å². The molecule has 0 saturated carbocycles. The Morgan fingerprint density at radius 1 is 1.41 bits per heavy atom. The van der Waals surface area contributed by atoms with Gasteiger partial charge in [-0.2, -0.15) is 5.10 Å². The van der Waals surface area contributed by atoms with Gasteiger partial charge in [0, 0.05) is 19.6 Å². The summed E-state index contributed by atoms with van der Waals surface area (Å²) in [4.78, 5) is 22.9. The summed E-state index contributed by atoms with van der Waals surface area (Å²) in [6, 6.07) is 0. The van der Waals surface area contributed by atoms with Crippen LogP contribution in [0.2, 0.25) is 0 Å². The van der Waals surface area contributed by atoms with Gasteiger partial charge in [-0.05, 0) is 26.7 Å². The molecule has 1 fully saturated rings. The van der Waals surface area contributed by atoms with Gasteiger partial charge in [-0.3, -0.25) is 4.79 Å². The first-order chi connectivity index (χ1) is 10.7. The summed E-state index contributed by atoms with van der Waals surface area (Å²) >= 11 is 0. The molecular weight excluding hydrogens is 282 g/mol. The zero-order chi connectivity index (χ0) is 15.5. The highest BCUT2D eigenvalue weighted by molar-refractivity contribution is 5.87. The first-order valence-corrected chi connectivity index (χ1v) is 7.82. The fourth-order valence-electron chi connectivity index (χ4n) is 2.99. The van der Waals surface area contributed by atoms with E-state index >= 15 is 0 Å². The summed E-state index contributed by atoms with van der Waals surface area (Å²) in [6.07, 6.45) is 5.20. The first kappa shape index (κ1) is 14.7. The fraction of sp³-hybridized carbons (Fsp3) is 0.600. The largest absolute Gasteiger partial charge is 0.466 e. The van der Waals surface area contributed by atoms with E-state index in [2.05, 4.69) is 20.0 Å². The van der Waals surface area contributed by atoms with Gasteiger partial charge in [0.25, 0.3) is 0 Å². The normalized spacial score (nSPS) is 18.6.